The van der Waals surface area contributed by atoms with E-state index in [2.05, 4.69) is 46.4 Å². The van der Waals surface area contributed by atoms with Crippen LogP contribution < -0.4 is 0 Å². The van der Waals surface area contributed by atoms with Crippen molar-refractivity contribution in [1.82, 2.24) is 0 Å². The number of hydrogen-bond donors (Lipinski definition) is 0. The van der Waals surface area contributed by atoms with E-state index in [0.717, 1.165) is 0 Å². The maximum Gasteiger partial charge on any atom is 0.284 e. The van der Waals surface area contributed by atoms with Gasteiger partial charge in [0.1, 0.15) is 0 Å². The van der Waals surface area contributed by atoms with Crippen LogP contribution in [0.15, 0.2) is 0 Å². The van der Waals surface area contributed by atoms with Crippen molar-refractivity contribution in [2.75, 3.05) is 0 Å². The molecule has 0 aromatic rings. The molecule has 10 heavy (non-hydrogen) atoms. The predicted octanol–water partition coefficient (Wildman–Crippen LogP) is 3.96. The summed E-state index contributed by atoms with van der Waals surface area (Å²) in [7, 11) is 0. The van der Waals surface area contributed by atoms with Crippen molar-refractivity contribution in [3.63, 3.8) is 0 Å². The molecule has 0 rings (SSSR count). The lowest BCUT2D eigenvalue weighted by molar-refractivity contribution is 0.338. The average molecular weight is 251 g/mol. The van der Waals surface area contributed by atoms with Crippen LogP contribution in [0.2, 0.25) is 0 Å². The highest BCUT2D eigenvalue weighted by Crippen LogP contribution is 2.49. The molecule has 0 aliphatic rings. The Morgan fingerprint density at radius 3 is 1.10 bits per heavy atom. The van der Waals surface area contributed by atoms with Gasteiger partial charge in [0.2, 0.25) is 0 Å². The Hall–Kier alpha value is 1.31. The van der Waals surface area contributed by atoms with Crippen LogP contribution in [-0.4, -0.2) is 9.17 Å². The fraction of sp³-hybridized carbons (Fsp3) is 0.667. The predicted molar refractivity (Wildman–Crippen MR) is 40.2 cm³/mol. The van der Waals surface area contributed by atoms with Gasteiger partial charge in [0, 0.05) is 0 Å². The van der Waals surface area contributed by atoms with Gasteiger partial charge in [-0.15, -0.1) is 11.6 Å². The third kappa shape index (κ3) is 3.63. The van der Waals surface area contributed by atoms with E-state index in [9.17, 15) is 8.78 Å². The summed E-state index contributed by atoms with van der Waals surface area (Å²) in [5.74, 6) is 0. The van der Waals surface area contributed by atoms with Gasteiger partial charge in [-0.25, -0.2) is 8.78 Å². The lowest BCUT2D eigenvalue weighted by atomic mass is 10.5. The van der Waals surface area contributed by atoms with Crippen molar-refractivity contribution in [3.8, 4) is 0 Å². The van der Waals surface area contributed by atoms with Crippen molar-refractivity contribution in [1.29, 1.82) is 0 Å². The molecular formula is C3Cl5F2. The Kier molecular flexibility index (Phi) is 3.80. The quantitative estimate of drug-likeness (QED) is 0.652. The Bertz CT molecular complexity index is 99.0. The Balaban J connectivity index is 4.23. The molecule has 0 aromatic heterocycles. The van der Waals surface area contributed by atoms with Crippen LogP contribution in [0.4, 0.5) is 8.78 Å². The first-order valence-electron chi connectivity index (χ1n) is 1.82. The molecule has 0 fully saturated rings. The monoisotopic (exact) mass is 249 g/mol. The molecule has 0 bridgehead atoms. The van der Waals surface area contributed by atoms with E-state index < -0.39 is 14.6 Å². The minimum atomic E-state index is -3.07. The van der Waals surface area contributed by atoms with Gasteiger partial charge in [-0.05, 0) is 0 Å². The third-order valence-corrected chi connectivity index (χ3v) is 2.16. The largest absolute Gasteiger partial charge is 0.284 e. The fourth-order valence-electron chi connectivity index (χ4n) is 0.161. The molecule has 0 aliphatic heterocycles. The van der Waals surface area contributed by atoms with Gasteiger partial charge < -0.3 is 0 Å². The van der Waals surface area contributed by atoms with Gasteiger partial charge >= 0.3 is 0 Å². The van der Waals surface area contributed by atoms with Crippen molar-refractivity contribution in [2.24, 2.45) is 0 Å². The van der Waals surface area contributed by atoms with Crippen molar-refractivity contribution in [3.05, 3.63) is 5.38 Å². The molecular weight excluding hydrogens is 251 g/mol. The molecule has 61 valence electrons. The highest BCUT2D eigenvalue weighted by Gasteiger charge is 2.49. The van der Waals surface area contributed by atoms with Gasteiger partial charge in [0.05, 0.1) is 0 Å². The SMILES string of the molecule is FC(Cl)(Cl)[C](Cl)C(F)(Cl)Cl. The lowest BCUT2D eigenvalue weighted by Crippen LogP contribution is -2.26. The lowest BCUT2D eigenvalue weighted by Gasteiger charge is -2.20. The molecule has 0 heterocycles. The van der Waals surface area contributed by atoms with Crippen LogP contribution >= 0.6 is 58.0 Å². The van der Waals surface area contributed by atoms with Crippen LogP contribution in [0, 0.1) is 5.38 Å². The van der Waals surface area contributed by atoms with E-state index in [1.807, 2.05) is 0 Å². The van der Waals surface area contributed by atoms with E-state index >= 15 is 0 Å². The van der Waals surface area contributed by atoms with Crippen LogP contribution in [0.1, 0.15) is 0 Å². The second-order valence-corrected chi connectivity index (χ2v) is 4.16. The molecule has 0 nitrogen and oxygen atoms in total. The summed E-state index contributed by atoms with van der Waals surface area (Å²) in [5, 5.41) is -1.23. The van der Waals surface area contributed by atoms with Gasteiger partial charge in [0.15, 0.2) is 5.38 Å². The zero-order valence-corrected chi connectivity index (χ0v) is 7.93. The molecule has 0 saturated carbocycles. The van der Waals surface area contributed by atoms with E-state index in [0.29, 0.717) is 0 Å². The van der Waals surface area contributed by atoms with Crippen molar-refractivity contribution in [2.45, 2.75) is 9.17 Å². The Morgan fingerprint density at radius 1 is 0.900 bits per heavy atom. The van der Waals surface area contributed by atoms with Crippen molar-refractivity contribution < 1.29 is 8.78 Å². The smallest absolute Gasteiger partial charge is 0.206 e. The first-order chi connectivity index (χ1) is 4.15. The summed E-state index contributed by atoms with van der Waals surface area (Å²) in [5.41, 5.74) is 0. The minimum Gasteiger partial charge on any atom is -0.206 e. The summed E-state index contributed by atoms with van der Waals surface area (Å²) >= 11 is 23.6. The minimum absolute atomic E-state index is 1.23. The maximum absolute atomic E-state index is 12.2. The van der Waals surface area contributed by atoms with E-state index in [-0.39, 0.29) is 0 Å². The van der Waals surface area contributed by atoms with E-state index in [4.69, 9.17) is 11.6 Å². The van der Waals surface area contributed by atoms with Gasteiger partial charge in [-0.3, -0.25) is 0 Å². The van der Waals surface area contributed by atoms with Crippen LogP contribution in [0.5, 0.6) is 0 Å². The van der Waals surface area contributed by atoms with Gasteiger partial charge in [0.25, 0.3) is 9.17 Å². The zero-order chi connectivity index (χ0) is 8.58. The van der Waals surface area contributed by atoms with Crippen LogP contribution in [-0.2, 0) is 0 Å². The van der Waals surface area contributed by atoms with Crippen LogP contribution in [0.25, 0.3) is 0 Å². The Labute approximate surface area is 81.3 Å². The van der Waals surface area contributed by atoms with Crippen molar-refractivity contribution >= 4 is 58.0 Å². The summed E-state index contributed by atoms with van der Waals surface area (Å²) in [6, 6.07) is 0. The van der Waals surface area contributed by atoms with E-state index in [1.165, 1.54) is 0 Å². The second kappa shape index (κ2) is 3.36. The first kappa shape index (κ1) is 11.3. The van der Waals surface area contributed by atoms with Crippen LogP contribution in [0.3, 0.4) is 0 Å². The zero-order valence-electron chi connectivity index (χ0n) is 4.15. The molecule has 0 aromatic carbocycles. The Morgan fingerprint density at radius 2 is 1.10 bits per heavy atom. The molecule has 0 saturated heterocycles. The maximum atomic E-state index is 12.2. The summed E-state index contributed by atoms with van der Waals surface area (Å²) < 4.78 is 18.3. The summed E-state index contributed by atoms with van der Waals surface area (Å²) in [6.07, 6.45) is 0. The molecule has 1 radical (unpaired) electrons. The molecule has 0 spiro atoms. The summed E-state index contributed by atoms with van der Waals surface area (Å²) in [6.45, 7) is 0. The fourth-order valence-corrected chi connectivity index (χ4v) is 0.875. The number of alkyl halides is 6. The highest BCUT2D eigenvalue weighted by molar-refractivity contribution is 6.60. The second-order valence-electron chi connectivity index (χ2n) is 1.31. The normalized spacial score (nSPS) is 14.4. The molecule has 0 aliphatic carbocycles. The molecule has 0 amide bonds. The van der Waals surface area contributed by atoms with Gasteiger partial charge in [-0.1, -0.05) is 46.4 Å². The first-order valence-corrected chi connectivity index (χ1v) is 3.71. The van der Waals surface area contributed by atoms with Gasteiger partial charge in [-0.2, -0.15) is 0 Å². The highest BCUT2D eigenvalue weighted by atomic mass is 35.5. The molecule has 0 N–H and O–H groups in total. The number of hydrogen-bond acceptors (Lipinski definition) is 0. The standard InChI is InChI=1S/C3Cl5F2/c4-1(2(5,6)9)3(7,8)10. The number of halogens is 7. The molecule has 7 heteroatoms. The average Bonchev–Trinajstić information content (AvgIpc) is 1.59. The topological polar surface area (TPSA) is 0 Å². The molecule has 0 atom stereocenters. The molecule has 0 unspecified atom stereocenters. The van der Waals surface area contributed by atoms with E-state index in [1.54, 1.807) is 0 Å². The number of rotatable bonds is 2. The summed E-state index contributed by atoms with van der Waals surface area (Å²) in [4.78, 5) is 0. The third-order valence-electron chi connectivity index (χ3n) is 0.498.